The van der Waals surface area contributed by atoms with Crippen LogP contribution in [-0.4, -0.2) is 16.9 Å². The summed E-state index contributed by atoms with van der Waals surface area (Å²) in [6, 6.07) is 18.9. The van der Waals surface area contributed by atoms with Crippen molar-refractivity contribution in [3.05, 3.63) is 94.8 Å². The minimum Gasteiger partial charge on any atom is -0.332 e. The summed E-state index contributed by atoms with van der Waals surface area (Å²) in [5.41, 5.74) is 1.31. The standard InChI is InChI=1S/C21H15ClFN3O2S/c22-14-6-4-8-16(12-14)24-19(27)13-5-3-7-15(11-13)25-21(29)26-20(28)17-9-1-2-10-18(17)23/h1-12H,(H,24,27)(H2,25,26,28,29). The number of hydrogen-bond acceptors (Lipinski definition) is 3. The summed E-state index contributed by atoms with van der Waals surface area (Å²) in [6.45, 7) is 0. The summed E-state index contributed by atoms with van der Waals surface area (Å²) in [7, 11) is 0. The fraction of sp³-hybridized carbons (Fsp3) is 0. The second-order valence-electron chi connectivity index (χ2n) is 5.93. The molecular weight excluding hydrogens is 413 g/mol. The summed E-state index contributed by atoms with van der Waals surface area (Å²) >= 11 is 11.0. The molecule has 8 heteroatoms. The highest BCUT2D eigenvalue weighted by Crippen LogP contribution is 2.17. The van der Waals surface area contributed by atoms with Crippen LogP contribution in [0.4, 0.5) is 15.8 Å². The Balaban J connectivity index is 1.64. The van der Waals surface area contributed by atoms with Crippen molar-refractivity contribution in [2.75, 3.05) is 10.6 Å². The van der Waals surface area contributed by atoms with Crippen LogP contribution in [0.2, 0.25) is 5.02 Å². The van der Waals surface area contributed by atoms with Gasteiger partial charge in [-0.15, -0.1) is 0 Å². The van der Waals surface area contributed by atoms with Crippen LogP contribution in [0.5, 0.6) is 0 Å². The van der Waals surface area contributed by atoms with Gasteiger partial charge in [0.2, 0.25) is 0 Å². The van der Waals surface area contributed by atoms with Crippen LogP contribution in [0.15, 0.2) is 72.8 Å². The molecule has 0 atom stereocenters. The van der Waals surface area contributed by atoms with E-state index in [-0.39, 0.29) is 16.6 Å². The highest BCUT2D eigenvalue weighted by molar-refractivity contribution is 7.80. The van der Waals surface area contributed by atoms with E-state index in [1.54, 1.807) is 54.6 Å². The summed E-state index contributed by atoms with van der Waals surface area (Å²) in [6.07, 6.45) is 0. The van der Waals surface area contributed by atoms with E-state index < -0.39 is 11.7 Å². The number of rotatable bonds is 4. The van der Waals surface area contributed by atoms with Crippen LogP contribution in [-0.2, 0) is 0 Å². The van der Waals surface area contributed by atoms with Crippen molar-refractivity contribution in [3.63, 3.8) is 0 Å². The fourth-order valence-electron chi connectivity index (χ4n) is 2.49. The average molecular weight is 428 g/mol. The lowest BCUT2D eigenvalue weighted by Gasteiger charge is -2.11. The predicted octanol–water partition coefficient (Wildman–Crippen LogP) is 4.86. The maximum atomic E-state index is 13.7. The molecule has 3 aromatic rings. The Kier molecular flexibility index (Phi) is 6.54. The van der Waals surface area contributed by atoms with Gasteiger partial charge >= 0.3 is 0 Å². The maximum Gasteiger partial charge on any atom is 0.260 e. The van der Waals surface area contributed by atoms with Gasteiger partial charge in [0.25, 0.3) is 11.8 Å². The summed E-state index contributed by atoms with van der Waals surface area (Å²) in [5.74, 6) is -1.65. The molecular formula is C21H15ClFN3O2S. The van der Waals surface area contributed by atoms with E-state index in [1.807, 2.05) is 0 Å². The van der Waals surface area contributed by atoms with E-state index >= 15 is 0 Å². The molecule has 0 fully saturated rings. The first-order chi connectivity index (χ1) is 13.9. The molecule has 0 saturated heterocycles. The van der Waals surface area contributed by atoms with Gasteiger partial charge in [0, 0.05) is 22.0 Å². The molecule has 0 heterocycles. The second kappa shape index (κ2) is 9.27. The van der Waals surface area contributed by atoms with E-state index in [4.69, 9.17) is 23.8 Å². The van der Waals surface area contributed by atoms with Crippen molar-refractivity contribution in [1.29, 1.82) is 0 Å². The van der Waals surface area contributed by atoms with E-state index in [2.05, 4.69) is 16.0 Å². The van der Waals surface area contributed by atoms with Gasteiger partial charge in [-0.05, 0) is 60.7 Å². The SMILES string of the molecule is O=C(Nc1cccc(Cl)c1)c1cccc(NC(=S)NC(=O)c2ccccc2F)c1. The Labute approximate surface area is 176 Å². The molecule has 5 nitrogen and oxygen atoms in total. The number of carbonyl (C=O) groups is 2. The molecule has 0 aliphatic carbocycles. The first-order valence-corrected chi connectivity index (χ1v) is 9.25. The molecule has 0 unspecified atom stereocenters. The fourth-order valence-corrected chi connectivity index (χ4v) is 2.89. The lowest BCUT2D eigenvalue weighted by molar-refractivity contribution is 0.0972. The van der Waals surface area contributed by atoms with E-state index in [9.17, 15) is 14.0 Å². The van der Waals surface area contributed by atoms with Crippen LogP contribution in [0.25, 0.3) is 0 Å². The van der Waals surface area contributed by atoms with Crippen molar-refractivity contribution in [3.8, 4) is 0 Å². The van der Waals surface area contributed by atoms with Crippen molar-refractivity contribution in [2.24, 2.45) is 0 Å². The van der Waals surface area contributed by atoms with Crippen LogP contribution >= 0.6 is 23.8 Å². The number of halogens is 2. The zero-order chi connectivity index (χ0) is 20.8. The molecule has 0 bridgehead atoms. The van der Waals surface area contributed by atoms with Crippen LogP contribution in [0.3, 0.4) is 0 Å². The normalized spacial score (nSPS) is 10.1. The zero-order valence-electron chi connectivity index (χ0n) is 14.9. The molecule has 146 valence electrons. The van der Waals surface area contributed by atoms with E-state index in [0.717, 1.165) is 0 Å². The van der Waals surface area contributed by atoms with Gasteiger partial charge in [0.1, 0.15) is 5.82 Å². The quantitative estimate of drug-likeness (QED) is 0.520. The van der Waals surface area contributed by atoms with Crippen LogP contribution in [0.1, 0.15) is 20.7 Å². The first kappa shape index (κ1) is 20.4. The number of hydrogen-bond donors (Lipinski definition) is 3. The number of nitrogens with one attached hydrogen (secondary N) is 3. The van der Waals surface area contributed by atoms with Gasteiger partial charge in [-0.1, -0.05) is 35.9 Å². The summed E-state index contributed by atoms with van der Waals surface area (Å²) in [5, 5.41) is 8.44. The minimum atomic E-state index is -0.671. The predicted molar refractivity (Wildman–Crippen MR) is 116 cm³/mol. The molecule has 2 amide bonds. The second-order valence-corrected chi connectivity index (χ2v) is 6.78. The molecule has 29 heavy (non-hydrogen) atoms. The zero-order valence-corrected chi connectivity index (χ0v) is 16.5. The molecule has 0 radical (unpaired) electrons. The number of carbonyl (C=O) groups excluding carboxylic acids is 2. The molecule has 0 spiro atoms. The highest BCUT2D eigenvalue weighted by atomic mass is 35.5. The first-order valence-electron chi connectivity index (χ1n) is 8.46. The Morgan fingerprint density at radius 3 is 2.24 bits per heavy atom. The van der Waals surface area contributed by atoms with E-state index in [0.29, 0.717) is 22.0 Å². The van der Waals surface area contributed by atoms with E-state index in [1.165, 1.54) is 18.2 Å². The smallest absolute Gasteiger partial charge is 0.260 e. The number of anilines is 2. The van der Waals surface area contributed by atoms with Crippen LogP contribution < -0.4 is 16.0 Å². The topological polar surface area (TPSA) is 70.2 Å². The molecule has 0 aliphatic heterocycles. The van der Waals surface area contributed by atoms with Crippen molar-refractivity contribution in [2.45, 2.75) is 0 Å². The Morgan fingerprint density at radius 2 is 1.52 bits per heavy atom. The van der Waals surface area contributed by atoms with Crippen molar-refractivity contribution >= 4 is 52.1 Å². The third kappa shape index (κ3) is 5.60. The van der Waals surface area contributed by atoms with Gasteiger partial charge in [-0.25, -0.2) is 4.39 Å². The number of amides is 2. The van der Waals surface area contributed by atoms with Crippen molar-refractivity contribution in [1.82, 2.24) is 5.32 Å². The van der Waals surface area contributed by atoms with Gasteiger partial charge in [0.15, 0.2) is 5.11 Å². The summed E-state index contributed by atoms with van der Waals surface area (Å²) in [4.78, 5) is 24.6. The van der Waals surface area contributed by atoms with Gasteiger partial charge in [-0.3, -0.25) is 14.9 Å². The Morgan fingerprint density at radius 1 is 0.828 bits per heavy atom. The Bertz CT molecular complexity index is 1090. The molecule has 3 aromatic carbocycles. The number of benzene rings is 3. The maximum absolute atomic E-state index is 13.7. The highest BCUT2D eigenvalue weighted by Gasteiger charge is 2.13. The van der Waals surface area contributed by atoms with Crippen molar-refractivity contribution < 1.29 is 14.0 Å². The largest absolute Gasteiger partial charge is 0.332 e. The third-order valence-electron chi connectivity index (χ3n) is 3.81. The van der Waals surface area contributed by atoms with Crippen LogP contribution in [0, 0.1) is 5.82 Å². The molecule has 0 aliphatic rings. The Hall–Kier alpha value is -3.29. The van der Waals surface area contributed by atoms with Gasteiger partial charge in [0.05, 0.1) is 5.56 Å². The average Bonchev–Trinajstić information content (AvgIpc) is 2.68. The lowest BCUT2D eigenvalue weighted by atomic mass is 10.2. The minimum absolute atomic E-state index is 0.0225. The van der Waals surface area contributed by atoms with Gasteiger partial charge in [-0.2, -0.15) is 0 Å². The molecule has 0 saturated carbocycles. The monoisotopic (exact) mass is 427 g/mol. The lowest BCUT2D eigenvalue weighted by Crippen LogP contribution is -2.34. The molecule has 3 N–H and O–H groups in total. The summed E-state index contributed by atoms with van der Waals surface area (Å²) < 4.78 is 13.7. The third-order valence-corrected chi connectivity index (χ3v) is 4.25. The molecule has 3 rings (SSSR count). The molecule has 0 aromatic heterocycles. The van der Waals surface area contributed by atoms with Gasteiger partial charge < -0.3 is 10.6 Å². The number of thiocarbonyl (C=S) groups is 1.